The number of nitrogens with one attached hydrogen (secondary N) is 1. The molecule has 2 aliphatic heterocycles. The fourth-order valence-electron chi connectivity index (χ4n) is 3.96. The van der Waals surface area contributed by atoms with Crippen LogP contribution in [0.2, 0.25) is 0 Å². The second-order valence-corrected chi connectivity index (χ2v) is 6.42. The number of aryl methyl sites for hydroxylation is 2. The summed E-state index contributed by atoms with van der Waals surface area (Å²) >= 11 is 0. The van der Waals surface area contributed by atoms with Crippen LogP contribution in [-0.2, 0) is 6.54 Å². The quantitative estimate of drug-likeness (QED) is 0.897. The molecule has 3 rings (SSSR count). The van der Waals surface area contributed by atoms with Crippen LogP contribution < -0.4 is 10.2 Å². The maximum absolute atomic E-state index is 4.81. The second-order valence-electron chi connectivity index (χ2n) is 6.42. The van der Waals surface area contributed by atoms with Gasteiger partial charge in [0.25, 0.3) is 0 Å². The highest BCUT2D eigenvalue weighted by Gasteiger charge is 2.36. The molecule has 0 spiro atoms. The van der Waals surface area contributed by atoms with Crippen LogP contribution in [0, 0.1) is 6.92 Å². The van der Waals surface area contributed by atoms with Crippen molar-refractivity contribution in [2.24, 2.45) is 0 Å². The van der Waals surface area contributed by atoms with Crippen molar-refractivity contribution in [2.45, 2.75) is 77.5 Å². The lowest BCUT2D eigenvalue weighted by molar-refractivity contribution is 0.343. The summed E-state index contributed by atoms with van der Waals surface area (Å²) in [4.78, 5) is 7.40. The minimum atomic E-state index is 0.667. The van der Waals surface area contributed by atoms with E-state index in [1.165, 1.54) is 38.1 Å². The van der Waals surface area contributed by atoms with Gasteiger partial charge in [-0.25, -0.2) is 4.98 Å². The number of piperidine rings is 1. The summed E-state index contributed by atoms with van der Waals surface area (Å²) in [6, 6.07) is 2.15. The number of aromatic nitrogens is 2. The summed E-state index contributed by atoms with van der Waals surface area (Å²) in [5.41, 5.74) is 1.14. The van der Waals surface area contributed by atoms with E-state index in [4.69, 9.17) is 4.98 Å². The highest BCUT2D eigenvalue weighted by Crippen LogP contribution is 2.32. The summed E-state index contributed by atoms with van der Waals surface area (Å²) in [5.74, 6) is 1.19. The first kappa shape index (κ1) is 13.9. The Kier molecular flexibility index (Phi) is 4.01. The summed E-state index contributed by atoms with van der Waals surface area (Å²) in [6.45, 7) is 8.72. The zero-order valence-electron chi connectivity index (χ0n) is 13.1. The Morgan fingerprint density at radius 1 is 1.30 bits per heavy atom. The molecule has 2 atom stereocenters. The molecule has 2 aliphatic rings. The Labute approximate surface area is 122 Å². The Balaban J connectivity index is 1.84. The van der Waals surface area contributed by atoms with Crippen molar-refractivity contribution < 1.29 is 0 Å². The molecule has 112 valence electrons. The first-order chi connectivity index (χ1) is 9.71. The number of anilines is 1. The van der Waals surface area contributed by atoms with Crippen LogP contribution in [0.4, 0.5) is 5.95 Å². The van der Waals surface area contributed by atoms with Gasteiger partial charge in [-0.3, -0.25) is 0 Å². The van der Waals surface area contributed by atoms with Gasteiger partial charge in [0.2, 0.25) is 5.95 Å². The van der Waals surface area contributed by atoms with Gasteiger partial charge < -0.3 is 14.8 Å². The lowest BCUT2D eigenvalue weighted by Crippen LogP contribution is -2.49. The molecule has 0 amide bonds. The van der Waals surface area contributed by atoms with Crippen molar-refractivity contribution in [1.82, 2.24) is 14.9 Å². The molecule has 20 heavy (non-hydrogen) atoms. The van der Waals surface area contributed by atoms with E-state index in [-0.39, 0.29) is 0 Å². The molecule has 3 heterocycles. The van der Waals surface area contributed by atoms with Gasteiger partial charge in [0, 0.05) is 37.4 Å². The minimum Gasteiger partial charge on any atom is -0.339 e. The third-order valence-corrected chi connectivity index (χ3v) is 4.83. The van der Waals surface area contributed by atoms with Gasteiger partial charge in [-0.05, 0) is 46.0 Å². The molecule has 0 aromatic carbocycles. The first-order valence-corrected chi connectivity index (χ1v) is 8.27. The van der Waals surface area contributed by atoms with E-state index in [0.29, 0.717) is 6.04 Å². The predicted octanol–water partition coefficient (Wildman–Crippen LogP) is 2.71. The van der Waals surface area contributed by atoms with Crippen LogP contribution in [0.15, 0.2) is 6.20 Å². The summed E-state index contributed by atoms with van der Waals surface area (Å²) in [5, 5.41) is 3.75. The standard InChI is InChI=1S/C16H28N4/c1-4-8-20(16-17-12(3)11-19(16)5-2)15-9-13-6-7-14(10-15)18-13/h11,13-15,18H,4-10H2,1-3H3. The SMILES string of the molecule is CCCN(c1nc(C)cn1CC)C1CC2CCC(C1)N2. The summed E-state index contributed by atoms with van der Waals surface area (Å²) in [6.07, 6.45) is 8.67. The van der Waals surface area contributed by atoms with Crippen LogP contribution in [0.25, 0.3) is 0 Å². The second kappa shape index (κ2) is 5.76. The molecular formula is C16H28N4. The molecule has 4 nitrogen and oxygen atoms in total. The minimum absolute atomic E-state index is 0.667. The molecule has 1 aromatic heterocycles. The molecule has 0 saturated carbocycles. The lowest BCUT2D eigenvalue weighted by atomic mass is 9.98. The van der Waals surface area contributed by atoms with E-state index in [2.05, 4.69) is 41.8 Å². The number of nitrogens with zero attached hydrogens (tertiary/aromatic N) is 3. The van der Waals surface area contributed by atoms with Gasteiger partial charge in [-0.15, -0.1) is 0 Å². The molecule has 2 bridgehead atoms. The number of hydrogen-bond donors (Lipinski definition) is 1. The van der Waals surface area contributed by atoms with Crippen LogP contribution in [0.5, 0.6) is 0 Å². The van der Waals surface area contributed by atoms with E-state index in [9.17, 15) is 0 Å². The van der Waals surface area contributed by atoms with E-state index in [1.807, 2.05) is 0 Å². The van der Waals surface area contributed by atoms with Gasteiger partial charge in [0.15, 0.2) is 0 Å². The Bertz CT molecular complexity index is 441. The van der Waals surface area contributed by atoms with Crippen molar-refractivity contribution in [2.75, 3.05) is 11.4 Å². The zero-order chi connectivity index (χ0) is 14.1. The lowest BCUT2D eigenvalue weighted by Gasteiger charge is -2.38. The highest BCUT2D eigenvalue weighted by molar-refractivity contribution is 5.36. The molecule has 0 aliphatic carbocycles. The van der Waals surface area contributed by atoms with Crippen molar-refractivity contribution in [3.8, 4) is 0 Å². The molecule has 1 aromatic rings. The Hall–Kier alpha value is -1.03. The maximum Gasteiger partial charge on any atom is 0.205 e. The van der Waals surface area contributed by atoms with Gasteiger partial charge in [0.1, 0.15) is 0 Å². The van der Waals surface area contributed by atoms with E-state index >= 15 is 0 Å². The van der Waals surface area contributed by atoms with Crippen LogP contribution in [0.1, 0.15) is 51.6 Å². The Morgan fingerprint density at radius 3 is 2.60 bits per heavy atom. The normalized spacial score (nSPS) is 28.9. The number of rotatable bonds is 5. The maximum atomic E-state index is 4.81. The smallest absolute Gasteiger partial charge is 0.205 e. The Morgan fingerprint density at radius 2 is 2.00 bits per heavy atom. The van der Waals surface area contributed by atoms with Crippen molar-refractivity contribution in [3.05, 3.63) is 11.9 Å². The van der Waals surface area contributed by atoms with Crippen molar-refractivity contribution >= 4 is 5.95 Å². The highest BCUT2D eigenvalue weighted by atomic mass is 15.3. The average Bonchev–Trinajstić information content (AvgIpc) is 2.98. The van der Waals surface area contributed by atoms with Gasteiger partial charge >= 0.3 is 0 Å². The molecule has 2 unspecified atom stereocenters. The van der Waals surface area contributed by atoms with Gasteiger partial charge in [-0.1, -0.05) is 6.92 Å². The predicted molar refractivity (Wildman–Crippen MR) is 83.2 cm³/mol. The number of imidazole rings is 1. The topological polar surface area (TPSA) is 33.1 Å². The molecule has 0 radical (unpaired) electrons. The third kappa shape index (κ3) is 2.58. The molecule has 4 heteroatoms. The molecule has 2 saturated heterocycles. The van der Waals surface area contributed by atoms with Crippen molar-refractivity contribution in [1.29, 1.82) is 0 Å². The monoisotopic (exact) mass is 276 g/mol. The zero-order valence-corrected chi connectivity index (χ0v) is 13.1. The van der Waals surface area contributed by atoms with Crippen molar-refractivity contribution in [3.63, 3.8) is 0 Å². The van der Waals surface area contributed by atoms with Crippen LogP contribution in [0.3, 0.4) is 0 Å². The first-order valence-electron chi connectivity index (χ1n) is 8.27. The molecule has 1 N–H and O–H groups in total. The molecular weight excluding hydrogens is 248 g/mol. The van der Waals surface area contributed by atoms with E-state index in [0.717, 1.165) is 30.9 Å². The fourth-order valence-corrected chi connectivity index (χ4v) is 3.96. The van der Waals surface area contributed by atoms with Gasteiger partial charge in [0.05, 0.1) is 5.69 Å². The van der Waals surface area contributed by atoms with E-state index in [1.54, 1.807) is 0 Å². The number of fused-ring (bicyclic) bond motifs is 2. The average molecular weight is 276 g/mol. The largest absolute Gasteiger partial charge is 0.339 e. The van der Waals surface area contributed by atoms with E-state index < -0.39 is 0 Å². The van der Waals surface area contributed by atoms with Crippen LogP contribution >= 0.6 is 0 Å². The fraction of sp³-hybridized carbons (Fsp3) is 0.812. The summed E-state index contributed by atoms with van der Waals surface area (Å²) < 4.78 is 2.31. The van der Waals surface area contributed by atoms with Gasteiger partial charge in [-0.2, -0.15) is 0 Å². The summed E-state index contributed by atoms with van der Waals surface area (Å²) in [7, 11) is 0. The molecule has 2 fully saturated rings. The number of hydrogen-bond acceptors (Lipinski definition) is 3. The third-order valence-electron chi connectivity index (χ3n) is 4.83. The van der Waals surface area contributed by atoms with Crippen LogP contribution in [-0.4, -0.2) is 34.2 Å².